The first-order chi connectivity index (χ1) is 14.0. The lowest BCUT2D eigenvalue weighted by molar-refractivity contribution is 0.0628. The maximum atomic E-state index is 13.3. The van der Waals surface area contributed by atoms with Gasteiger partial charge in [-0.05, 0) is 37.5 Å². The van der Waals surface area contributed by atoms with E-state index >= 15 is 0 Å². The molecule has 0 spiro atoms. The van der Waals surface area contributed by atoms with Crippen molar-refractivity contribution in [2.75, 3.05) is 19.6 Å². The zero-order valence-electron chi connectivity index (χ0n) is 17.5. The van der Waals surface area contributed by atoms with Crippen molar-refractivity contribution in [3.63, 3.8) is 0 Å². The zero-order chi connectivity index (χ0) is 20.5. The summed E-state index contributed by atoms with van der Waals surface area (Å²) in [6.45, 7) is 8.32. The van der Waals surface area contributed by atoms with Gasteiger partial charge in [-0.25, -0.2) is 0 Å². The summed E-state index contributed by atoms with van der Waals surface area (Å²) in [5.41, 5.74) is 6.65. The number of piperazine rings is 1. The molecule has 2 aromatic heterocycles. The smallest absolute Gasteiger partial charge is 0.272 e. The van der Waals surface area contributed by atoms with E-state index in [2.05, 4.69) is 51.8 Å². The molecule has 3 heterocycles. The molecule has 152 valence electrons. The quantitative estimate of drug-likeness (QED) is 0.716. The average Bonchev–Trinajstić information content (AvgIpc) is 3.32. The van der Waals surface area contributed by atoms with E-state index in [9.17, 15) is 4.79 Å². The Kier molecular flexibility index (Phi) is 5.24. The van der Waals surface area contributed by atoms with E-state index in [1.165, 1.54) is 5.56 Å². The van der Waals surface area contributed by atoms with Gasteiger partial charge in [0.15, 0.2) is 0 Å². The summed E-state index contributed by atoms with van der Waals surface area (Å²) in [7, 11) is 1.92. The maximum Gasteiger partial charge on any atom is 0.272 e. The number of amides is 1. The predicted molar refractivity (Wildman–Crippen MR) is 113 cm³/mol. The largest absolute Gasteiger partial charge is 0.328 e. The van der Waals surface area contributed by atoms with Crippen LogP contribution < -0.4 is 5.32 Å². The maximum absolute atomic E-state index is 13.3. The summed E-state index contributed by atoms with van der Waals surface area (Å²) < 4.78 is 1.84. The lowest BCUT2D eigenvalue weighted by atomic mass is 10.0. The lowest BCUT2D eigenvalue weighted by Crippen LogP contribution is -2.48. The number of aromatic amines is 1. The molecule has 1 fully saturated rings. The van der Waals surface area contributed by atoms with Gasteiger partial charge in [0.25, 0.3) is 5.91 Å². The van der Waals surface area contributed by atoms with E-state index in [4.69, 9.17) is 0 Å². The minimum absolute atomic E-state index is 0.00997. The van der Waals surface area contributed by atoms with Crippen molar-refractivity contribution in [1.82, 2.24) is 30.2 Å². The van der Waals surface area contributed by atoms with Crippen LogP contribution in [0.5, 0.6) is 0 Å². The standard InChI is InChI=1S/C22H28N6O/c1-5-16-6-8-17(9-7-16)20-13-23-10-11-28(20)22(29)19-12-18(24-25-19)21-14(2)26-27(4)15(21)3/h6-9,12,20,23H,5,10-11,13H2,1-4H3,(H,24,25). The number of aryl methyl sites for hydroxylation is 3. The zero-order valence-corrected chi connectivity index (χ0v) is 17.5. The molecule has 1 aliphatic rings. The van der Waals surface area contributed by atoms with E-state index in [0.717, 1.165) is 47.7 Å². The van der Waals surface area contributed by atoms with Crippen LogP contribution in [0.1, 0.15) is 46.0 Å². The number of H-pyrrole nitrogens is 1. The van der Waals surface area contributed by atoms with Crippen molar-refractivity contribution >= 4 is 5.91 Å². The van der Waals surface area contributed by atoms with Crippen LogP contribution in [0.25, 0.3) is 11.3 Å². The van der Waals surface area contributed by atoms with Crippen LogP contribution in [0.4, 0.5) is 0 Å². The third-order valence-corrected chi connectivity index (χ3v) is 5.85. The highest BCUT2D eigenvalue weighted by Gasteiger charge is 2.30. The number of aromatic nitrogens is 4. The summed E-state index contributed by atoms with van der Waals surface area (Å²) in [5.74, 6) is -0.0194. The minimum atomic E-state index is -0.0194. The molecule has 1 aromatic carbocycles. The molecule has 1 unspecified atom stereocenters. The summed E-state index contributed by atoms with van der Waals surface area (Å²) in [6, 6.07) is 10.4. The summed E-state index contributed by atoms with van der Waals surface area (Å²) in [4.78, 5) is 15.3. The van der Waals surface area contributed by atoms with Gasteiger partial charge >= 0.3 is 0 Å². The third-order valence-electron chi connectivity index (χ3n) is 5.85. The minimum Gasteiger partial charge on any atom is -0.328 e. The number of carbonyl (C=O) groups excluding carboxylic acids is 1. The summed E-state index contributed by atoms with van der Waals surface area (Å²) in [5, 5.41) is 15.2. The molecule has 3 aromatic rings. The Bertz CT molecular complexity index is 1020. The second kappa shape index (κ2) is 7.83. The Morgan fingerprint density at radius 1 is 1.24 bits per heavy atom. The van der Waals surface area contributed by atoms with Gasteiger partial charge in [-0.2, -0.15) is 10.2 Å². The van der Waals surface area contributed by atoms with Gasteiger partial charge in [0.1, 0.15) is 5.69 Å². The molecule has 0 saturated carbocycles. The Morgan fingerprint density at radius 2 is 2.00 bits per heavy atom. The molecule has 1 amide bonds. The Morgan fingerprint density at radius 3 is 2.66 bits per heavy atom. The van der Waals surface area contributed by atoms with Gasteiger partial charge in [-0.1, -0.05) is 31.2 Å². The number of rotatable bonds is 4. The fraction of sp³-hybridized carbons (Fsp3) is 0.409. The highest BCUT2D eigenvalue weighted by atomic mass is 16.2. The fourth-order valence-electron chi connectivity index (χ4n) is 4.08. The molecular weight excluding hydrogens is 364 g/mol. The monoisotopic (exact) mass is 392 g/mol. The van der Waals surface area contributed by atoms with Crippen LogP contribution >= 0.6 is 0 Å². The van der Waals surface area contributed by atoms with Crippen LogP contribution in [0.3, 0.4) is 0 Å². The molecule has 0 aliphatic carbocycles. The van der Waals surface area contributed by atoms with E-state index in [1.807, 2.05) is 36.5 Å². The van der Waals surface area contributed by atoms with Gasteiger partial charge in [0, 0.05) is 37.9 Å². The Labute approximate surface area is 171 Å². The van der Waals surface area contributed by atoms with Crippen LogP contribution in [-0.4, -0.2) is 50.4 Å². The topological polar surface area (TPSA) is 78.8 Å². The van der Waals surface area contributed by atoms with Gasteiger partial charge in [0.2, 0.25) is 0 Å². The number of hydrogen-bond acceptors (Lipinski definition) is 4. The van der Waals surface area contributed by atoms with Gasteiger partial charge in [-0.3, -0.25) is 14.6 Å². The molecule has 0 bridgehead atoms. The SMILES string of the molecule is CCc1ccc(C2CNCCN2C(=O)c2cc(-c3c(C)nn(C)c3C)n[nH]2)cc1. The summed E-state index contributed by atoms with van der Waals surface area (Å²) >= 11 is 0. The first-order valence-corrected chi connectivity index (χ1v) is 10.2. The first-order valence-electron chi connectivity index (χ1n) is 10.2. The van der Waals surface area contributed by atoms with Gasteiger partial charge in [-0.15, -0.1) is 0 Å². The molecule has 1 atom stereocenters. The van der Waals surface area contributed by atoms with Crippen molar-refractivity contribution < 1.29 is 4.79 Å². The number of benzene rings is 1. The Balaban J connectivity index is 1.61. The highest BCUT2D eigenvalue weighted by molar-refractivity contribution is 5.94. The normalized spacial score (nSPS) is 17.0. The number of hydrogen-bond donors (Lipinski definition) is 2. The van der Waals surface area contributed by atoms with Gasteiger partial charge < -0.3 is 10.2 Å². The second-order valence-corrected chi connectivity index (χ2v) is 7.65. The molecule has 0 radical (unpaired) electrons. The second-order valence-electron chi connectivity index (χ2n) is 7.65. The van der Waals surface area contributed by atoms with Crippen molar-refractivity contribution in [2.24, 2.45) is 7.05 Å². The lowest BCUT2D eigenvalue weighted by Gasteiger charge is -2.36. The highest BCUT2D eigenvalue weighted by Crippen LogP contribution is 2.28. The van der Waals surface area contributed by atoms with Crippen molar-refractivity contribution in [2.45, 2.75) is 33.2 Å². The molecular formula is C22H28N6O. The number of nitrogens with zero attached hydrogens (tertiary/aromatic N) is 4. The van der Waals surface area contributed by atoms with Gasteiger partial charge in [0.05, 0.1) is 17.4 Å². The van der Waals surface area contributed by atoms with Crippen LogP contribution in [0.15, 0.2) is 30.3 Å². The molecule has 7 nitrogen and oxygen atoms in total. The van der Waals surface area contributed by atoms with Crippen LogP contribution in [0, 0.1) is 13.8 Å². The first kappa shape index (κ1) is 19.4. The third kappa shape index (κ3) is 3.58. The van der Waals surface area contributed by atoms with E-state index in [-0.39, 0.29) is 11.9 Å². The molecule has 1 saturated heterocycles. The van der Waals surface area contributed by atoms with E-state index in [1.54, 1.807) is 0 Å². The predicted octanol–water partition coefficient (Wildman–Crippen LogP) is 2.78. The Hall–Kier alpha value is -2.93. The average molecular weight is 393 g/mol. The van der Waals surface area contributed by atoms with E-state index < -0.39 is 0 Å². The molecule has 7 heteroatoms. The number of nitrogens with one attached hydrogen (secondary N) is 2. The molecule has 29 heavy (non-hydrogen) atoms. The van der Waals surface area contributed by atoms with Crippen molar-refractivity contribution in [3.05, 3.63) is 58.5 Å². The molecule has 1 aliphatic heterocycles. The van der Waals surface area contributed by atoms with Crippen molar-refractivity contribution in [1.29, 1.82) is 0 Å². The van der Waals surface area contributed by atoms with Crippen LogP contribution in [-0.2, 0) is 13.5 Å². The van der Waals surface area contributed by atoms with E-state index in [0.29, 0.717) is 12.2 Å². The molecule has 2 N–H and O–H groups in total. The van der Waals surface area contributed by atoms with Crippen LogP contribution in [0.2, 0.25) is 0 Å². The summed E-state index contributed by atoms with van der Waals surface area (Å²) in [6.07, 6.45) is 1.01. The molecule has 4 rings (SSSR count). The fourth-order valence-corrected chi connectivity index (χ4v) is 4.08. The van der Waals surface area contributed by atoms with Crippen molar-refractivity contribution in [3.8, 4) is 11.3 Å². The number of carbonyl (C=O) groups is 1.